The predicted octanol–water partition coefficient (Wildman–Crippen LogP) is 3.57. The molecule has 1 aromatic heterocycles. The smallest absolute Gasteiger partial charge is 0.138 e. The Morgan fingerprint density at radius 1 is 1.10 bits per heavy atom. The van der Waals surface area contributed by atoms with Gasteiger partial charge in [-0.1, -0.05) is 31.5 Å². The quantitative estimate of drug-likeness (QED) is 0.926. The zero-order valence-electron chi connectivity index (χ0n) is 12.8. The third kappa shape index (κ3) is 2.90. The van der Waals surface area contributed by atoms with E-state index in [4.69, 9.17) is 5.73 Å². The molecule has 0 saturated heterocycles. The number of aromatic nitrogens is 2. The van der Waals surface area contributed by atoms with Crippen LogP contribution >= 0.6 is 0 Å². The van der Waals surface area contributed by atoms with E-state index in [1.165, 1.54) is 11.1 Å². The highest BCUT2D eigenvalue weighted by Gasteiger charge is 2.12. The van der Waals surface area contributed by atoms with Crippen molar-refractivity contribution in [3.8, 4) is 0 Å². The van der Waals surface area contributed by atoms with Crippen LogP contribution in [0.5, 0.6) is 0 Å². The molecule has 4 heteroatoms. The lowest BCUT2D eigenvalue weighted by Gasteiger charge is -2.22. The first-order valence-corrected chi connectivity index (χ1v) is 6.84. The fourth-order valence-corrected chi connectivity index (χ4v) is 2.21. The molecular weight excluding hydrogens is 248 g/mol. The second-order valence-corrected chi connectivity index (χ2v) is 5.51. The van der Waals surface area contributed by atoms with E-state index in [1.54, 1.807) is 0 Å². The van der Waals surface area contributed by atoms with E-state index in [1.807, 2.05) is 13.1 Å². The van der Waals surface area contributed by atoms with Crippen molar-refractivity contribution in [2.75, 3.05) is 17.7 Å². The summed E-state index contributed by atoms with van der Waals surface area (Å²) in [6.45, 7) is 8.33. The topological polar surface area (TPSA) is 55.0 Å². The van der Waals surface area contributed by atoms with Crippen LogP contribution in [0.2, 0.25) is 0 Å². The van der Waals surface area contributed by atoms with E-state index in [9.17, 15) is 0 Å². The van der Waals surface area contributed by atoms with Gasteiger partial charge in [0.2, 0.25) is 0 Å². The van der Waals surface area contributed by atoms with Gasteiger partial charge in [0, 0.05) is 24.7 Å². The van der Waals surface area contributed by atoms with Crippen LogP contribution in [0.1, 0.15) is 36.7 Å². The Morgan fingerprint density at radius 2 is 1.80 bits per heavy atom. The SMILES string of the molecule is Cc1ccc(N(C)c2cc(N)nc(C(C)C)n2)c(C)c1. The van der Waals surface area contributed by atoms with Gasteiger partial charge in [-0.25, -0.2) is 9.97 Å². The number of benzene rings is 1. The first-order chi connectivity index (χ1) is 9.38. The van der Waals surface area contributed by atoms with E-state index in [2.05, 4.69) is 60.8 Å². The molecule has 2 aromatic rings. The maximum Gasteiger partial charge on any atom is 0.138 e. The minimum Gasteiger partial charge on any atom is -0.384 e. The molecule has 0 aliphatic heterocycles. The van der Waals surface area contributed by atoms with Crippen molar-refractivity contribution < 1.29 is 0 Å². The lowest BCUT2D eigenvalue weighted by atomic mass is 10.1. The minimum absolute atomic E-state index is 0.254. The molecular formula is C16H22N4. The van der Waals surface area contributed by atoms with Crippen LogP contribution in [0.3, 0.4) is 0 Å². The van der Waals surface area contributed by atoms with Gasteiger partial charge in [-0.2, -0.15) is 0 Å². The molecule has 2 rings (SSSR count). The summed E-state index contributed by atoms with van der Waals surface area (Å²) in [5.74, 6) is 2.37. The van der Waals surface area contributed by atoms with Gasteiger partial charge < -0.3 is 10.6 Å². The predicted molar refractivity (Wildman–Crippen MR) is 84.5 cm³/mol. The summed E-state index contributed by atoms with van der Waals surface area (Å²) in [4.78, 5) is 10.9. The fraction of sp³-hybridized carbons (Fsp3) is 0.375. The molecule has 0 saturated carbocycles. The highest BCUT2D eigenvalue weighted by atomic mass is 15.2. The average Bonchev–Trinajstić information content (AvgIpc) is 2.37. The molecule has 0 radical (unpaired) electrons. The number of nitrogens with two attached hydrogens (primary N) is 1. The molecule has 0 bridgehead atoms. The molecule has 0 amide bonds. The summed E-state index contributed by atoms with van der Waals surface area (Å²) in [6, 6.07) is 8.19. The molecule has 1 aromatic carbocycles. The van der Waals surface area contributed by atoms with Crippen molar-refractivity contribution >= 4 is 17.3 Å². The summed E-state index contributed by atoms with van der Waals surface area (Å²) in [5, 5.41) is 0. The van der Waals surface area contributed by atoms with Gasteiger partial charge in [-0.15, -0.1) is 0 Å². The zero-order chi connectivity index (χ0) is 14.9. The molecule has 106 valence electrons. The molecule has 0 unspecified atom stereocenters. The van der Waals surface area contributed by atoms with Crippen LogP contribution in [-0.4, -0.2) is 17.0 Å². The van der Waals surface area contributed by atoms with Gasteiger partial charge in [0.15, 0.2) is 0 Å². The molecule has 2 N–H and O–H groups in total. The average molecular weight is 270 g/mol. The van der Waals surface area contributed by atoms with Gasteiger partial charge in [0.05, 0.1) is 0 Å². The summed E-state index contributed by atoms with van der Waals surface area (Å²) in [7, 11) is 2.00. The first-order valence-electron chi connectivity index (χ1n) is 6.84. The third-order valence-corrected chi connectivity index (χ3v) is 3.32. The van der Waals surface area contributed by atoms with Crippen LogP contribution in [0, 0.1) is 13.8 Å². The number of nitrogen functional groups attached to an aromatic ring is 1. The highest BCUT2D eigenvalue weighted by Crippen LogP contribution is 2.27. The van der Waals surface area contributed by atoms with Gasteiger partial charge in [-0.05, 0) is 25.5 Å². The Labute approximate surface area is 120 Å². The second-order valence-electron chi connectivity index (χ2n) is 5.51. The van der Waals surface area contributed by atoms with Gasteiger partial charge in [0.25, 0.3) is 0 Å². The van der Waals surface area contributed by atoms with Gasteiger partial charge >= 0.3 is 0 Å². The molecule has 0 aliphatic rings. The molecule has 1 heterocycles. The van der Waals surface area contributed by atoms with Crippen molar-refractivity contribution in [3.63, 3.8) is 0 Å². The number of hydrogen-bond donors (Lipinski definition) is 1. The minimum atomic E-state index is 0.254. The number of rotatable bonds is 3. The summed E-state index contributed by atoms with van der Waals surface area (Å²) < 4.78 is 0. The molecule has 0 atom stereocenters. The summed E-state index contributed by atoms with van der Waals surface area (Å²) in [5.41, 5.74) is 9.50. The van der Waals surface area contributed by atoms with Crippen LogP contribution in [0.4, 0.5) is 17.3 Å². The largest absolute Gasteiger partial charge is 0.384 e. The van der Waals surface area contributed by atoms with E-state index < -0.39 is 0 Å². The monoisotopic (exact) mass is 270 g/mol. The van der Waals surface area contributed by atoms with Crippen LogP contribution in [0.25, 0.3) is 0 Å². The summed E-state index contributed by atoms with van der Waals surface area (Å²) >= 11 is 0. The van der Waals surface area contributed by atoms with E-state index in [0.717, 1.165) is 17.3 Å². The number of nitrogens with zero attached hydrogens (tertiary/aromatic N) is 3. The van der Waals surface area contributed by atoms with Crippen molar-refractivity contribution in [1.82, 2.24) is 9.97 Å². The van der Waals surface area contributed by atoms with Crippen molar-refractivity contribution in [2.24, 2.45) is 0 Å². The van der Waals surface area contributed by atoms with Crippen LogP contribution in [-0.2, 0) is 0 Å². The Balaban J connectivity index is 2.44. The number of anilines is 3. The van der Waals surface area contributed by atoms with E-state index in [0.29, 0.717) is 5.82 Å². The maximum absolute atomic E-state index is 5.90. The van der Waals surface area contributed by atoms with Gasteiger partial charge in [-0.3, -0.25) is 0 Å². The fourth-order valence-electron chi connectivity index (χ4n) is 2.21. The Bertz CT molecular complexity index is 620. The molecule has 0 spiro atoms. The van der Waals surface area contributed by atoms with Crippen LogP contribution in [0.15, 0.2) is 24.3 Å². The Hall–Kier alpha value is -2.10. The van der Waals surface area contributed by atoms with E-state index in [-0.39, 0.29) is 5.92 Å². The number of hydrogen-bond acceptors (Lipinski definition) is 4. The Morgan fingerprint density at radius 3 is 2.40 bits per heavy atom. The molecule has 4 nitrogen and oxygen atoms in total. The third-order valence-electron chi connectivity index (χ3n) is 3.32. The summed E-state index contributed by atoms with van der Waals surface area (Å²) in [6.07, 6.45) is 0. The highest BCUT2D eigenvalue weighted by molar-refractivity contribution is 5.65. The van der Waals surface area contributed by atoms with E-state index >= 15 is 0 Å². The van der Waals surface area contributed by atoms with Crippen molar-refractivity contribution in [2.45, 2.75) is 33.6 Å². The molecule has 20 heavy (non-hydrogen) atoms. The second kappa shape index (κ2) is 5.49. The van der Waals surface area contributed by atoms with Crippen molar-refractivity contribution in [1.29, 1.82) is 0 Å². The lowest BCUT2D eigenvalue weighted by molar-refractivity contribution is 0.774. The lowest BCUT2D eigenvalue weighted by Crippen LogP contribution is -2.15. The number of aryl methyl sites for hydroxylation is 2. The maximum atomic E-state index is 5.90. The zero-order valence-corrected chi connectivity index (χ0v) is 12.8. The normalized spacial score (nSPS) is 10.9. The Kier molecular flexibility index (Phi) is 3.93. The van der Waals surface area contributed by atoms with Crippen molar-refractivity contribution in [3.05, 3.63) is 41.2 Å². The standard InChI is InChI=1S/C16H22N4/c1-10(2)16-18-14(17)9-15(19-16)20(5)13-7-6-11(3)8-12(13)4/h6-10H,1-5H3,(H2,17,18,19). The first kappa shape index (κ1) is 14.3. The van der Waals surface area contributed by atoms with Gasteiger partial charge in [0.1, 0.15) is 17.5 Å². The van der Waals surface area contributed by atoms with Crippen LogP contribution < -0.4 is 10.6 Å². The molecule has 0 aliphatic carbocycles. The molecule has 0 fully saturated rings.